The van der Waals surface area contributed by atoms with Crippen LogP contribution in [-0.4, -0.2) is 11.2 Å². The Balaban J connectivity index is 2.32. The Hall–Kier alpha value is -1.02. The van der Waals surface area contributed by atoms with Crippen LogP contribution in [0.4, 0.5) is 5.69 Å². The van der Waals surface area contributed by atoms with Crippen molar-refractivity contribution in [3.05, 3.63) is 29.8 Å². The number of aliphatic hydroxyl groups excluding tert-OH is 1. The van der Waals surface area contributed by atoms with Crippen molar-refractivity contribution in [3.8, 4) is 0 Å². The van der Waals surface area contributed by atoms with Gasteiger partial charge in [-0.3, -0.25) is 0 Å². The molecule has 0 bridgehead atoms. The smallest absolute Gasteiger partial charge is 0.0537 e. The Bertz CT molecular complexity index is 296. The van der Waals surface area contributed by atoms with Gasteiger partial charge in [0.05, 0.1) is 6.10 Å². The van der Waals surface area contributed by atoms with Crippen LogP contribution in [0.5, 0.6) is 0 Å². The Morgan fingerprint density at radius 1 is 1.33 bits per heavy atom. The number of aryl methyl sites for hydroxylation is 1. The van der Waals surface area contributed by atoms with Crippen molar-refractivity contribution >= 4 is 5.69 Å². The number of benzene rings is 1. The van der Waals surface area contributed by atoms with E-state index < -0.39 is 0 Å². The quantitative estimate of drug-likeness (QED) is 0.729. The third-order valence-corrected chi connectivity index (χ3v) is 2.90. The first-order valence-corrected chi connectivity index (χ1v) is 5.62. The molecule has 0 spiro atoms. The van der Waals surface area contributed by atoms with Gasteiger partial charge in [0.25, 0.3) is 0 Å². The average Bonchev–Trinajstić information content (AvgIpc) is 2.17. The summed E-state index contributed by atoms with van der Waals surface area (Å²) in [5, 5.41) is 9.34. The molecule has 0 radical (unpaired) electrons. The molecule has 84 valence electrons. The van der Waals surface area contributed by atoms with Crippen LogP contribution >= 0.6 is 0 Å². The monoisotopic (exact) mass is 207 g/mol. The summed E-state index contributed by atoms with van der Waals surface area (Å²) in [6.07, 6.45) is 3.01. The second-order valence-electron chi connectivity index (χ2n) is 4.36. The van der Waals surface area contributed by atoms with E-state index in [2.05, 4.69) is 13.0 Å². The Labute approximate surface area is 92.1 Å². The Morgan fingerprint density at radius 3 is 2.67 bits per heavy atom. The molecule has 3 N–H and O–H groups in total. The molecule has 0 aliphatic rings. The van der Waals surface area contributed by atoms with Gasteiger partial charge in [-0.05, 0) is 49.8 Å². The van der Waals surface area contributed by atoms with Crippen molar-refractivity contribution in [1.29, 1.82) is 0 Å². The van der Waals surface area contributed by atoms with E-state index in [0.717, 1.165) is 24.9 Å². The number of aliphatic hydroxyl groups is 1. The first-order valence-electron chi connectivity index (χ1n) is 5.62. The maximum atomic E-state index is 9.34. The van der Waals surface area contributed by atoms with Crippen molar-refractivity contribution in [2.45, 2.75) is 39.2 Å². The van der Waals surface area contributed by atoms with Gasteiger partial charge in [-0.1, -0.05) is 19.1 Å². The van der Waals surface area contributed by atoms with Gasteiger partial charge in [0.1, 0.15) is 0 Å². The molecular weight excluding hydrogens is 186 g/mol. The molecule has 1 rings (SSSR count). The largest absolute Gasteiger partial charge is 0.399 e. The standard InChI is InChI=1S/C13H21NO/c1-10(11(2)15)5-3-6-12-7-4-8-13(14)9-12/h4,7-11,15H,3,5-6,14H2,1-2H3. The first kappa shape index (κ1) is 12.1. The number of hydrogen-bond donors (Lipinski definition) is 2. The van der Waals surface area contributed by atoms with E-state index in [0.29, 0.717) is 5.92 Å². The Morgan fingerprint density at radius 2 is 2.07 bits per heavy atom. The normalized spacial score (nSPS) is 14.9. The second-order valence-corrected chi connectivity index (χ2v) is 4.36. The summed E-state index contributed by atoms with van der Waals surface area (Å²) in [5.41, 5.74) is 7.81. The van der Waals surface area contributed by atoms with Crippen molar-refractivity contribution in [1.82, 2.24) is 0 Å². The number of nitrogens with two attached hydrogens (primary N) is 1. The predicted molar refractivity (Wildman–Crippen MR) is 64.6 cm³/mol. The van der Waals surface area contributed by atoms with Crippen LogP contribution in [0.25, 0.3) is 0 Å². The zero-order valence-electron chi connectivity index (χ0n) is 9.61. The maximum Gasteiger partial charge on any atom is 0.0537 e. The predicted octanol–water partition coefficient (Wildman–Crippen LogP) is 2.61. The minimum absolute atomic E-state index is 0.203. The van der Waals surface area contributed by atoms with Gasteiger partial charge in [-0.15, -0.1) is 0 Å². The van der Waals surface area contributed by atoms with Crippen molar-refractivity contribution in [2.24, 2.45) is 5.92 Å². The molecule has 0 amide bonds. The highest BCUT2D eigenvalue weighted by Crippen LogP contribution is 2.14. The molecule has 1 aromatic carbocycles. The molecule has 0 fully saturated rings. The number of nitrogen functional groups attached to an aromatic ring is 1. The number of anilines is 1. The van der Waals surface area contributed by atoms with Gasteiger partial charge < -0.3 is 10.8 Å². The minimum Gasteiger partial charge on any atom is -0.399 e. The van der Waals surface area contributed by atoms with Gasteiger partial charge in [0, 0.05) is 5.69 Å². The molecule has 0 saturated carbocycles. The molecule has 2 unspecified atom stereocenters. The highest BCUT2D eigenvalue weighted by atomic mass is 16.3. The molecule has 15 heavy (non-hydrogen) atoms. The highest BCUT2D eigenvalue weighted by molar-refractivity contribution is 5.40. The molecule has 2 nitrogen and oxygen atoms in total. The third kappa shape index (κ3) is 4.34. The van der Waals surface area contributed by atoms with Crippen LogP contribution in [0.3, 0.4) is 0 Å². The lowest BCUT2D eigenvalue weighted by Crippen LogP contribution is -2.12. The number of hydrogen-bond acceptors (Lipinski definition) is 2. The van der Waals surface area contributed by atoms with E-state index in [9.17, 15) is 5.11 Å². The molecule has 0 aromatic heterocycles. The first-order chi connectivity index (χ1) is 7.09. The third-order valence-electron chi connectivity index (χ3n) is 2.90. The maximum absolute atomic E-state index is 9.34. The van der Waals surface area contributed by atoms with Gasteiger partial charge in [-0.25, -0.2) is 0 Å². The van der Waals surface area contributed by atoms with Crippen molar-refractivity contribution < 1.29 is 5.11 Å². The summed E-state index contributed by atoms with van der Waals surface area (Å²) in [5.74, 6) is 0.381. The number of rotatable bonds is 5. The molecule has 1 aromatic rings. The van der Waals surface area contributed by atoms with Crippen LogP contribution in [0.2, 0.25) is 0 Å². The van der Waals surface area contributed by atoms with E-state index in [1.54, 1.807) is 0 Å². The van der Waals surface area contributed by atoms with Crippen molar-refractivity contribution in [2.75, 3.05) is 5.73 Å². The fourth-order valence-corrected chi connectivity index (χ4v) is 1.62. The van der Waals surface area contributed by atoms with E-state index in [1.807, 2.05) is 25.1 Å². The molecule has 0 saturated heterocycles. The fraction of sp³-hybridized carbons (Fsp3) is 0.538. The topological polar surface area (TPSA) is 46.2 Å². The van der Waals surface area contributed by atoms with Crippen LogP contribution in [0.15, 0.2) is 24.3 Å². The summed E-state index contributed by atoms with van der Waals surface area (Å²) in [6, 6.07) is 8.02. The van der Waals surface area contributed by atoms with Crippen LogP contribution in [0, 0.1) is 5.92 Å². The zero-order chi connectivity index (χ0) is 11.3. The van der Waals surface area contributed by atoms with E-state index in [1.165, 1.54) is 5.56 Å². The average molecular weight is 207 g/mol. The minimum atomic E-state index is -0.203. The lowest BCUT2D eigenvalue weighted by Gasteiger charge is -2.13. The van der Waals surface area contributed by atoms with Crippen LogP contribution < -0.4 is 5.73 Å². The van der Waals surface area contributed by atoms with Gasteiger partial charge >= 0.3 is 0 Å². The van der Waals surface area contributed by atoms with E-state index in [4.69, 9.17) is 5.73 Å². The summed E-state index contributed by atoms with van der Waals surface area (Å²) in [7, 11) is 0. The SMILES string of the molecule is CC(O)C(C)CCCc1cccc(N)c1. The molecule has 0 heterocycles. The highest BCUT2D eigenvalue weighted by Gasteiger charge is 2.07. The lowest BCUT2D eigenvalue weighted by atomic mass is 9.97. The summed E-state index contributed by atoms with van der Waals surface area (Å²) < 4.78 is 0. The van der Waals surface area contributed by atoms with Crippen LogP contribution in [-0.2, 0) is 6.42 Å². The summed E-state index contributed by atoms with van der Waals surface area (Å²) >= 11 is 0. The molecule has 2 atom stereocenters. The fourth-order valence-electron chi connectivity index (χ4n) is 1.62. The van der Waals surface area contributed by atoms with Gasteiger partial charge in [-0.2, -0.15) is 0 Å². The van der Waals surface area contributed by atoms with Crippen LogP contribution in [0.1, 0.15) is 32.3 Å². The molecule has 2 heteroatoms. The second kappa shape index (κ2) is 5.76. The lowest BCUT2D eigenvalue weighted by molar-refractivity contribution is 0.129. The molecular formula is C13H21NO. The summed E-state index contributed by atoms with van der Waals surface area (Å²) in [6.45, 7) is 3.94. The summed E-state index contributed by atoms with van der Waals surface area (Å²) in [4.78, 5) is 0. The molecule has 0 aliphatic carbocycles. The van der Waals surface area contributed by atoms with Crippen molar-refractivity contribution in [3.63, 3.8) is 0 Å². The van der Waals surface area contributed by atoms with Gasteiger partial charge in [0.15, 0.2) is 0 Å². The van der Waals surface area contributed by atoms with Gasteiger partial charge in [0.2, 0.25) is 0 Å². The Kier molecular flexibility index (Phi) is 4.63. The van der Waals surface area contributed by atoms with E-state index >= 15 is 0 Å². The van der Waals surface area contributed by atoms with E-state index in [-0.39, 0.29) is 6.10 Å². The zero-order valence-corrected chi connectivity index (χ0v) is 9.61. The molecule has 0 aliphatic heterocycles.